The van der Waals surface area contributed by atoms with Crippen LogP contribution >= 0.6 is 12.2 Å². The van der Waals surface area contributed by atoms with Crippen molar-refractivity contribution < 1.29 is 14.7 Å². The van der Waals surface area contributed by atoms with Gasteiger partial charge in [0.2, 0.25) is 5.91 Å². The van der Waals surface area contributed by atoms with E-state index in [0.29, 0.717) is 10.8 Å². The van der Waals surface area contributed by atoms with Gasteiger partial charge >= 0.3 is 5.97 Å². The van der Waals surface area contributed by atoms with Crippen LogP contribution in [0.25, 0.3) is 5.69 Å². The van der Waals surface area contributed by atoms with Gasteiger partial charge in [-0.25, -0.2) is 4.79 Å². The van der Waals surface area contributed by atoms with Crippen LogP contribution in [-0.4, -0.2) is 31.6 Å². The SMILES string of the molecule is CC(=O)Nc1ccc(N2C(=S)N[C@H](c3ccccn3)[C@H]2c2cccn2-c2ccc(C(=O)O)cc2)cc1. The highest BCUT2D eigenvalue weighted by molar-refractivity contribution is 7.80. The summed E-state index contributed by atoms with van der Waals surface area (Å²) in [5.41, 5.74) is 4.41. The van der Waals surface area contributed by atoms with Crippen molar-refractivity contribution in [3.8, 4) is 5.69 Å². The minimum Gasteiger partial charge on any atom is -0.478 e. The van der Waals surface area contributed by atoms with Crippen molar-refractivity contribution in [1.29, 1.82) is 0 Å². The van der Waals surface area contributed by atoms with Gasteiger partial charge in [0.25, 0.3) is 0 Å². The Morgan fingerprint density at radius 1 is 0.972 bits per heavy atom. The Morgan fingerprint density at radius 3 is 2.33 bits per heavy atom. The highest BCUT2D eigenvalue weighted by Gasteiger charge is 2.42. The second-order valence-electron chi connectivity index (χ2n) is 8.38. The van der Waals surface area contributed by atoms with Crippen molar-refractivity contribution in [2.45, 2.75) is 19.0 Å². The number of carboxylic acids is 1. The normalized spacial score (nSPS) is 17.0. The second-order valence-corrected chi connectivity index (χ2v) is 8.77. The van der Waals surface area contributed by atoms with Gasteiger partial charge in [0.15, 0.2) is 5.11 Å². The van der Waals surface area contributed by atoms with Gasteiger partial charge in [-0.3, -0.25) is 9.78 Å². The van der Waals surface area contributed by atoms with Gasteiger partial charge in [-0.2, -0.15) is 0 Å². The van der Waals surface area contributed by atoms with Gasteiger partial charge in [-0.1, -0.05) is 6.07 Å². The molecule has 0 radical (unpaired) electrons. The first-order valence-electron chi connectivity index (χ1n) is 11.3. The van der Waals surface area contributed by atoms with E-state index in [4.69, 9.17) is 12.2 Å². The van der Waals surface area contributed by atoms with Crippen molar-refractivity contribution in [1.82, 2.24) is 14.9 Å². The lowest BCUT2D eigenvalue weighted by atomic mass is 10.0. The molecular formula is C27H23N5O3S. The molecule has 1 aliphatic rings. The van der Waals surface area contributed by atoms with Crippen LogP contribution in [0.15, 0.2) is 91.3 Å². The van der Waals surface area contributed by atoms with E-state index >= 15 is 0 Å². The summed E-state index contributed by atoms with van der Waals surface area (Å²) in [7, 11) is 0. The first-order valence-corrected chi connectivity index (χ1v) is 11.7. The van der Waals surface area contributed by atoms with Crippen LogP contribution in [0.3, 0.4) is 0 Å². The van der Waals surface area contributed by atoms with Gasteiger partial charge in [-0.05, 0) is 85.0 Å². The van der Waals surface area contributed by atoms with Gasteiger partial charge in [0.1, 0.15) is 6.04 Å². The molecule has 3 N–H and O–H groups in total. The topological polar surface area (TPSA) is 99.5 Å². The fraction of sp³-hybridized carbons (Fsp3) is 0.111. The van der Waals surface area contributed by atoms with Gasteiger partial charge in [0, 0.05) is 42.1 Å². The Bertz CT molecular complexity index is 1420. The number of amides is 1. The number of pyridine rings is 1. The number of aromatic carboxylic acids is 1. The minimum absolute atomic E-state index is 0.138. The number of rotatable bonds is 6. The third kappa shape index (κ3) is 4.44. The third-order valence-electron chi connectivity index (χ3n) is 6.04. The number of aromatic nitrogens is 2. The van der Waals surface area contributed by atoms with E-state index in [2.05, 4.69) is 15.6 Å². The van der Waals surface area contributed by atoms with Crippen LogP contribution in [0, 0.1) is 0 Å². The van der Waals surface area contributed by atoms with E-state index in [1.165, 1.54) is 6.92 Å². The van der Waals surface area contributed by atoms with E-state index in [0.717, 1.165) is 22.8 Å². The summed E-state index contributed by atoms with van der Waals surface area (Å²) in [4.78, 5) is 29.4. The van der Waals surface area contributed by atoms with Gasteiger partial charge < -0.3 is 25.2 Å². The van der Waals surface area contributed by atoms with E-state index in [9.17, 15) is 14.7 Å². The minimum atomic E-state index is -0.969. The summed E-state index contributed by atoms with van der Waals surface area (Å²) in [6.07, 6.45) is 3.70. The molecule has 1 amide bonds. The lowest BCUT2D eigenvalue weighted by Crippen LogP contribution is -2.30. The molecule has 1 fully saturated rings. The number of hydrogen-bond donors (Lipinski definition) is 3. The molecule has 2 aromatic heterocycles. The number of thiocarbonyl (C=S) groups is 1. The summed E-state index contributed by atoms with van der Waals surface area (Å²) >= 11 is 5.80. The molecule has 0 spiro atoms. The maximum atomic E-state index is 11.4. The molecule has 1 aliphatic heterocycles. The zero-order valence-electron chi connectivity index (χ0n) is 19.3. The van der Waals surface area contributed by atoms with Crippen molar-refractivity contribution in [3.05, 3.63) is 108 Å². The van der Waals surface area contributed by atoms with Gasteiger partial charge in [0.05, 0.1) is 17.3 Å². The molecule has 0 aliphatic carbocycles. The molecule has 3 heterocycles. The number of benzene rings is 2. The number of carbonyl (C=O) groups excluding carboxylic acids is 1. The average molecular weight is 498 g/mol. The first-order chi connectivity index (χ1) is 17.4. The van der Waals surface area contributed by atoms with Crippen LogP contribution in [0.1, 0.15) is 40.8 Å². The predicted molar refractivity (Wildman–Crippen MR) is 141 cm³/mol. The Labute approximate surface area is 213 Å². The maximum absolute atomic E-state index is 11.4. The average Bonchev–Trinajstić information content (AvgIpc) is 3.49. The molecule has 2 atom stereocenters. The van der Waals surface area contributed by atoms with E-state index in [1.54, 1.807) is 30.5 Å². The third-order valence-corrected chi connectivity index (χ3v) is 6.35. The number of nitrogens with one attached hydrogen (secondary N) is 2. The molecular weight excluding hydrogens is 474 g/mol. The van der Waals surface area contributed by atoms with Crippen molar-refractivity contribution in [2.75, 3.05) is 10.2 Å². The standard InChI is InChI=1S/C27H23N5O3S/c1-17(33)29-19-9-13-21(14-10-19)32-25(24(30-27(32)36)22-5-2-3-15-28-22)23-6-4-16-31(23)20-11-7-18(8-12-20)26(34)35/h2-16,24-25H,1H3,(H,29,33)(H,30,36)(H,34,35)/t24-,25-/m1/s1. The monoisotopic (exact) mass is 497 g/mol. The molecule has 2 aromatic carbocycles. The van der Waals surface area contributed by atoms with Crippen molar-refractivity contribution >= 4 is 40.6 Å². The van der Waals surface area contributed by atoms with E-state index < -0.39 is 5.97 Å². The summed E-state index contributed by atoms with van der Waals surface area (Å²) in [5, 5.41) is 16.1. The molecule has 36 heavy (non-hydrogen) atoms. The Balaban J connectivity index is 1.59. The Hall–Kier alpha value is -4.50. The van der Waals surface area contributed by atoms with E-state index in [1.807, 2.05) is 70.3 Å². The van der Waals surface area contributed by atoms with Crippen LogP contribution in [0.2, 0.25) is 0 Å². The van der Waals surface area contributed by atoms with E-state index in [-0.39, 0.29) is 23.6 Å². The summed E-state index contributed by atoms with van der Waals surface area (Å²) in [6.45, 7) is 1.47. The fourth-order valence-corrected chi connectivity index (χ4v) is 4.82. The summed E-state index contributed by atoms with van der Waals surface area (Å²) in [5.74, 6) is -1.11. The molecule has 8 nitrogen and oxygen atoms in total. The maximum Gasteiger partial charge on any atom is 0.335 e. The zero-order chi connectivity index (χ0) is 25.2. The lowest BCUT2D eigenvalue weighted by Gasteiger charge is -2.29. The number of hydrogen-bond acceptors (Lipinski definition) is 4. The summed E-state index contributed by atoms with van der Waals surface area (Å²) < 4.78 is 2.03. The Kier molecular flexibility index (Phi) is 6.22. The molecule has 180 valence electrons. The molecule has 1 saturated heterocycles. The van der Waals surface area contributed by atoms with Crippen LogP contribution in [0.4, 0.5) is 11.4 Å². The largest absolute Gasteiger partial charge is 0.478 e. The quantitative estimate of drug-likeness (QED) is 0.332. The van der Waals surface area contributed by atoms with Crippen LogP contribution in [-0.2, 0) is 4.79 Å². The van der Waals surface area contributed by atoms with Gasteiger partial charge in [-0.15, -0.1) is 0 Å². The summed E-state index contributed by atoms with van der Waals surface area (Å²) in [6, 6.07) is 23.5. The number of nitrogens with zero attached hydrogens (tertiary/aromatic N) is 3. The van der Waals surface area contributed by atoms with Crippen LogP contribution in [0.5, 0.6) is 0 Å². The Morgan fingerprint density at radius 2 is 1.69 bits per heavy atom. The molecule has 9 heteroatoms. The highest BCUT2D eigenvalue weighted by Crippen LogP contribution is 2.42. The second kappa shape index (κ2) is 9.63. The van der Waals surface area contributed by atoms with Crippen molar-refractivity contribution in [3.63, 3.8) is 0 Å². The smallest absolute Gasteiger partial charge is 0.335 e. The highest BCUT2D eigenvalue weighted by atomic mass is 32.1. The molecule has 0 bridgehead atoms. The predicted octanol–water partition coefficient (Wildman–Crippen LogP) is 4.71. The fourth-order valence-electron chi connectivity index (χ4n) is 4.48. The first kappa shape index (κ1) is 23.3. The molecule has 4 aromatic rings. The lowest BCUT2D eigenvalue weighted by molar-refractivity contribution is -0.114. The molecule has 0 unspecified atom stereocenters. The number of carbonyl (C=O) groups is 2. The number of carboxylic acid groups (broad SMARTS) is 1. The van der Waals surface area contributed by atoms with Crippen LogP contribution < -0.4 is 15.5 Å². The molecule has 0 saturated carbocycles. The van der Waals surface area contributed by atoms with Crippen molar-refractivity contribution in [2.24, 2.45) is 0 Å². The molecule has 5 rings (SSSR count). The zero-order valence-corrected chi connectivity index (χ0v) is 20.1. The number of anilines is 2.